The van der Waals surface area contributed by atoms with Crippen LogP contribution in [0.25, 0.3) is 0 Å². The number of hydrogen-bond donors (Lipinski definition) is 2. The molecule has 0 radical (unpaired) electrons. The van der Waals surface area contributed by atoms with E-state index in [4.69, 9.17) is 10.5 Å². The number of hydrogen-bond acceptors (Lipinski definition) is 3. The molecule has 0 aliphatic heterocycles. The number of methoxy groups -OCH3 is 1. The van der Waals surface area contributed by atoms with Gasteiger partial charge in [0, 0.05) is 13.7 Å². The van der Waals surface area contributed by atoms with Gasteiger partial charge in [0.25, 0.3) is 0 Å². The van der Waals surface area contributed by atoms with Crippen molar-refractivity contribution < 1.29 is 9.53 Å². The molecule has 1 aromatic carbocycles. The van der Waals surface area contributed by atoms with Gasteiger partial charge in [-0.2, -0.15) is 0 Å². The molecule has 0 saturated heterocycles. The summed E-state index contributed by atoms with van der Waals surface area (Å²) < 4.78 is 5.13. The maximum atomic E-state index is 11.2. The van der Waals surface area contributed by atoms with Crippen LogP contribution in [0.5, 0.6) is 0 Å². The molecule has 0 heterocycles. The van der Waals surface area contributed by atoms with Crippen LogP contribution in [0, 0.1) is 0 Å². The van der Waals surface area contributed by atoms with Crippen LogP contribution in [0.2, 0.25) is 0 Å². The lowest BCUT2D eigenvalue weighted by atomic mass is 10.0. The minimum atomic E-state index is -0.708. The van der Waals surface area contributed by atoms with E-state index in [-0.39, 0.29) is 5.91 Å². The van der Waals surface area contributed by atoms with E-state index in [9.17, 15) is 4.79 Å². The summed E-state index contributed by atoms with van der Waals surface area (Å²) in [7, 11) is 1.66. The molecule has 1 aromatic rings. The SMILES string of the molecule is COCc1ccccc1CNC(C)(C)C(N)=O. The second-order valence-electron chi connectivity index (χ2n) is 4.54. The van der Waals surface area contributed by atoms with Crippen LogP contribution < -0.4 is 11.1 Å². The van der Waals surface area contributed by atoms with Crippen molar-refractivity contribution in [3.05, 3.63) is 35.4 Å². The number of rotatable bonds is 6. The largest absolute Gasteiger partial charge is 0.380 e. The Balaban J connectivity index is 2.72. The standard InChI is InChI=1S/C13H20N2O2/c1-13(2,12(14)16)15-8-10-6-4-5-7-11(10)9-17-3/h4-7,15H,8-9H2,1-3H3,(H2,14,16). The topological polar surface area (TPSA) is 64.3 Å². The Bertz CT molecular complexity index is 389. The van der Waals surface area contributed by atoms with Gasteiger partial charge in [-0.25, -0.2) is 0 Å². The van der Waals surface area contributed by atoms with Crippen LogP contribution in [-0.4, -0.2) is 18.6 Å². The highest BCUT2D eigenvalue weighted by molar-refractivity contribution is 5.83. The molecule has 94 valence electrons. The van der Waals surface area contributed by atoms with Gasteiger partial charge in [-0.05, 0) is 25.0 Å². The van der Waals surface area contributed by atoms with Gasteiger partial charge < -0.3 is 10.5 Å². The molecule has 0 spiro atoms. The average Bonchev–Trinajstić information content (AvgIpc) is 2.28. The predicted octanol–water partition coefficient (Wildman–Crippen LogP) is 1.19. The van der Waals surface area contributed by atoms with Gasteiger partial charge >= 0.3 is 0 Å². The molecule has 0 aliphatic rings. The third kappa shape index (κ3) is 3.84. The summed E-state index contributed by atoms with van der Waals surface area (Å²) >= 11 is 0. The Morgan fingerprint density at radius 3 is 2.47 bits per heavy atom. The van der Waals surface area contributed by atoms with Crippen molar-refractivity contribution in [2.24, 2.45) is 5.73 Å². The van der Waals surface area contributed by atoms with Gasteiger partial charge in [-0.3, -0.25) is 10.1 Å². The Morgan fingerprint density at radius 2 is 1.94 bits per heavy atom. The van der Waals surface area contributed by atoms with Crippen LogP contribution in [0.4, 0.5) is 0 Å². The molecular weight excluding hydrogens is 216 g/mol. The molecule has 3 N–H and O–H groups in total. The molecule has 0 atom stereocenters. The summed E-state index contributed by atoms with van der Waals surface area (Å²) in [6.45, 7) is 4.70. The highest BCUT2D eigenvalue weighted by atomic mass is 16.5. The number of amides is 1. The van der Waals surface area contributed by atoms with Crippen molar-refractivity contribution >= 4 is 5.91 Å². The van der Waals surface area contributed by atoms with Gasteiger partial charge in [0.1, 0.15) is 0 Å². The molecule has 0 aromatic heterocycles. The summed E-state index contributed by atoms with van der Waals surface area (Å²) in [6, 6.07) is 7.96. The van der Waals surface area contributed by atoms with E-state index in [0.717, 1.165) is 11.1 Å². The van der Waals surface area contributed by atoms with Gasteiger partial charge in [-0.1, -0.05) is 24.3 Å². The van der Waals surface area contributed by atoms with Crippen LogP contribution in [-0.2, 0) is 22.7 Å². The summed E-state index contributed by atoms with van der Waals surface area (Å²) in [5.74, 6) is -0.360. The first kappa shape index (κ1) is 13.7. The van der Waals surface area contributed by atoms with Crippen molar-refractivity contribution in [2.75, 3.05) is 7.11 Å². The summed E-state index contributed by atoms with van der Waals surface area (Å²) in [4.78, 5) is 11.2. The molecule has 0 fully saturated rings. The number of carbonyl (C=O) groups is 1. The van der Waals surface area contributed by atoms with Gasteiger partial charge in [0.2, 0.25) is 5.91 Å². The average molecular weight is 236 g/mol. The van der Waals surface area contributed by atoms with Crippen molar-refractivity contribution in [3.63, 3.8) is 0 Å². The maximum absolute atomic E-state index is 11.2. The lowest BCUT2D eigenvalue weighted by molar-refractivity contribution is -0.123. The van der Waals surface area contributed by atoms with E-state index < -0.39 is 5.54 Å². The predicted molar refractivity (Wildman–Crippen MR) is 67.3 cm³/mol. The minimum absolute atomic E-state index is 0.360. The fourth-order valence-corrected chi connectivity index (χ4v) is 1.43. The first-order chi connectivity index (χ1) is 7.97. The van der Waals surface area contributed by atoms with Crippen molar-refractivity contribution in [2.45, 2.75) is 32.5 Å². The van der Waals surface area contributed by atoms with E-state index >= 15 is 0 Å². The quantitative estimate of drug-likeness (QED) is 0.779. The van der Waals surface area contributed by atoms with E-state index in [1.54, 1.807) is 21.0 Å². The highest BCUT2D eigenvalue weighted by Gasteiger charge is 2.23. The summed E-state index contributed by atoms with van der Waals surface area (Å²) in [6.07, 6.45) is 0. The van der Waals surface area contributed by atoms with Gasteiger partial charge in [0.15, 0.2) is 0 Å². The van der Waals surface area contributed by atoms with Gasteiger partial charge in [0.05, 0.1) is 12.1 Å². The Hall–Kier alpha value is -1.39. The van der Waals surface area contributed by atoms with Gasteiger partial charge in [-0.15, -0.1) is 0 Å². The molecule has 17 heavy (non-hydrogen) atoms. The Labute approximate surface area is 102 Å². The molecule has 1 rings (SSSR count). The third-order valence-electron chi connectivity index (χ3n) is 2.76. The monoisotopic (exact) mass is 236 g/mol. The lowest BCUT2D eigenvalue weighted by Crippen LogP contribution is -2.50. The molecule has 0 unspecified atom stereocenters. The molecule has 4 nitrogen and oxygen atoms in total. The number of nitrogens with two attached hydrogens (primary N) is 1. The Morgan fingerprint density at radius 1 is 1.35 bits per heavy atom. The molecule has 4 heteroatoms. The number of primary amides is 1. The number of nitrogens with one attached hydrogen (secondary N) is 1. The summed E-state index contributed by atoms with van der Waals surface area (Å²) in [5, 5.41) is 3.14. The molecule has 1 amide bonds. The zero-order valence-electron chi connectivity index (χ0n) is 10.6. The molecule has 0 bridgehead atoms. The zero-order chi connectivity index (χ0) is 12.9. The zero-order valence-corrected chi connectivity index (χ0v) is 10.6. The number of carbonyl (C=O) groups excluding carboxylic acids is 1. The summed E-state index contributed by atoms with van der Waals surface area (Å²) in [5.41, 5.74) is 6.83. The lowest BCUT2D eigenvalue weighted by Gasteiger charge is -2.23. The first-order valence-electron chi connectivity index (χ1n) is 5.58. The molecule has 0 aliphatic carbocycles. The first-order valence-corrected chi connectivity index (χ1v) is 5.58. The van der Waals surface area contributed by atoms with Crippen molar-refractivity contribution in [1.29, 1.82) is 0 Å². The maximum Gasteiger partial charge on any atom is 0.237 e. The highest BCUT2D eigenvalue weighted by Crippen LogP contribution is 2.11. The van der Waals surface area contributed by atoms with Crippen LogP contribution in [0.3, 0.4) is 0 Å². The van der Waals surface area contributed by atoms with E-state index in [1.165, 1.54) is 0 Å². The van der Waals surface area contributed by atoms with E-state index in [0.29, 0.717) is 13.2 Å². The van der Waals surface area contributed by atoms with E-state index in [1.807, 2.05) is 24.3 Å². The smallest absolute Gasteiger partial charge is 0.237 e. The second kappa shape index (κ2) is 5.80. The number of ether oxygens (including phenoxy) is 1. The fourth-order valence-electron chi connectivity index (χ4n) is 1.43. The number of benzene rings is 1. The molecule has 0 saturated carbocycles. The van der Waals surface area contributed by atoms with Crippen molar-refractivity contribution in [3.8, 4) is 0 Å². The normalized spacial score (nSPS) is 11.5. The molecular formula is C13H20N2O2. The van der Waals surface area contributed by atoms with Crippen LogP contribution in [0.15, 0.2) is 24.3 Å². The second-order valence-corrected chi connectivity index (χ2v) is 4.54. The van der Waals surface area contributed by atoms with E-state index in [2.05, 4.69) is 5.32 Å². The fraction of sp³-hybridized carbons (Fsp3) is 0.462. The minimum Gasteiger partial charge on any atom is -0.380 e. The van der Waals surface area contributed by atoms with Crippen LogP contribution >= 0.6 is 0 Å². The van der Waals surface area contributed by atoms with Crippen molar-refractivity contribution in [1.82, 2.24) is 5.32 Å². The third-order valence-corrected chi connectivity index (χ3v) is 2.76. The Kier molecular flexibility index (Phi) is 4.66. The van der Waals surface area contributed by atoms with Crippen LogP contribution in [0.1, 0.15) is 25.0 Å².